The molecule has 1 aliphatic carbocycles. The molecule has 0 aromatic carbocycles. The Hall–Kier alpha value is -1.05. The van der Waals surface area contributed by atoms with Gasteiger partial charge in [-0.2, -0.15) is 0 Å². The lowest BCUT2D eigenvalue weighted by Crippen LogP contribution is -2.54. The van der Waals surface area contributed by atoms with E-state index in [1.54, 1.807) is 0 Å². The first kappa shape index (κ1) is 12.0. The second kappa shape index (κ2) is 5.15. The van der Waals surface area contributed by atoms with Crippen LogP contribution >= 0.6 is 0 Å². The smallest absolute Gasteiger partial charge is 0.238 e. The Morgan fingerprint density at radius 1 is 1.60 bits per heavy atom. The minimum Gasteiger partial charge on any atom is -0.394 e. The van der Waals surface area contributed by atoms with Gasteiger partial charge in [0.25, 0.3) is 0 Å². The van der Waals surface area contributed by atoms with Crippen LogP contribution in [0.1, 0.15) is 32.1 Å². The summed E-state index contributed by atoms with van der Waals surface area (Å²) in [5.74, 6) is 2.10. The lowest BCUT2D eigenvalue weighted by molar-refractivity contribution is -0.124. The molecule has 0 radical (unpaired) electrons. The molecule has 1 aliphatic rings. The van der Waals surface area contributed by atoms with E-state index in [1.807, 2.05) is 0 Å². The molecule has 84 valence electrons. The minimum absolute atomic E-state index is 0.0263. The summed E-state index contributed by atoms with van der Waals surface area (Å²) >= 11 is 0. The SMILES string of the molecule is C#CCC(N)C(=O)NC1(CO)CCCC1. The first-order valence-corrected chi connectivity index (χ1v) is 5.25. The van der Waals surface area contributed by atoms with E-state index in [2.05, 4.69) is 11.2 Å². The number of hydrogen-bond acceptors (Lipinski definition) is 3. The summed E-state index contributed by atoms with van der Waals surface area (Å²) in [5.41, 5.74) is 5.13. The molecule has 1 atom stereocenters. The van der Waals surface area contributed by atoms with Crippen LogP contribution in [0.25, 0.3) is 0 Å². The Morgan fingerprint density at radius 2 is 2.20 bits per heavy atom. The summed E-state index contributed by atoms with van der Waals surface area (Å²) in [4.78, 5) is 11.6. The zero-order valence-corrected chi connectivity index (χ0v) is 8.83. The average molecular weight is 210 g/mol. The normalized spacial score (nSPS) is 20.6. The Morgan fingerprint density at radius 3 is 2.67 bits per heavy atom. The van der Waals surface area contributed by atoms with Gasteiger partial charge >= 0.3 is 0 Å². The molecule has 1 saturated carbocycles. The average Bonchev–Trinajstić information content (AvgIpc) is 2.67. The minimum atomic E-state index is -0.668. The molecule has 0 heterocycles. The molecule has 0 saturated heterocycles. The van der Waals surface area contributed by atoms with Crippen molar-refractivity contribution in [3.63, 3.8) is 0 Å². The third kappa shape index (κ3) is 2.95. The van der Waals surface area contributed by atoms with Gasteiger partial charge in [0, 0.05) is 6.42 Å². The number of nitrogens with one attached hydrogen (secondary N) is 1. The zero-order valence-electron chi connectivity index (χ0n) is 8.83. The summed E-state index contributed by atoms with van der Waals surface area (Å²) in [7, 11) is 0. The molecule has 0 bridgehead atoms. The number of hydrogen-bond donors (Lipinski definition) is 3. The highest BCUT2D eigenvalue weighted by Gasteiger charge is 2.35. The fourth-order valence-electron chi connectivity index (χ4n) is 1.95. The quantitative estimate of drug-likeness (QED) is 0.560. The van der Waals surface area contributed by atoms with Crippen molar-refractivity contribution in [1.29, 1.82) is 0 Å². The van der Waals surface area contributed by atoms with E-state index >= 15 is 0 Å². The van der Waals surface area contributed by atoms with Crippen molar-refractivity contribution in [1.82, 2.24) is 5.32 Å². The molecule has 0 aromatic rings. The number of terminal acetylenes is 1. The summed E-state index contributed by atoms with van der Waals surface area (Å²) < 4.78 is 0. The maximum absolute atomic E-state index is 11.6. The van der Waals surface area contributed by atoms with Crippen LogP contribution < -0.4 is 11.1 Å². The van der Waals surface area contributed by atoms with E-state index in [4.69, 9.17) is 12.2 Å². The third-order valence-corrected chi connectivity index (χ3v) is 2.93. The Kier molecular flexibility index (Phi) is 4.13. The number of nitrogens with two attached hydrogens (primary N) is 1. The van der Waals surface area contributed by atoms with Crippen LogP contribution in [0.3, 0.4) is 0 Å². The largest absolute Gasteiger partial charge is 0.394 e. The van der Waals surface area contributed by atoms with Crippen LogP contribution in [0.4, 0.5) is 0 Å². The maximum atomic E-state index is 11.6. The maximum Gasteiger partial charge on any atom is 0.238 e. The fraction of sp³-hybridized carbons (Fsp3) is 0.727. The number of carbonyl (C=O) groups is 1. The van der Waals surface area contributed by atoms with E-state index in [0.29, 0.717) is 0 Å². The van der Waals surface area contributed by atoms with Crippen molar-refractivity contribution in [2.75, 3.05) is 6.61 Å². The molecular formula is C11H18N2O2. The van der Waals surface area contributed by atoms with Gasteiger partial charge in [-0.25, -0.2) is 0 Å². The first-order chi connectivity index (χ1) is 7.13. The first-order valence-electron chi connectivity index (χ1n) is 5.25. The number of rotatable bonds is 4. The van der Waals surface area contributed by atoms with Crippen molar-refractivity contribution in [3.05, 3.63) is 0 Å². The van der Waals surface area contributed by atoms with Crippen molar-refractivity contribution in [2.24, 2.45) is 5.73 Å². The highest BCUT2D eigenvalue weighted by atomic mass is 16.3. The van der Waals surface area contributed by atoms with Gasteiger partial charge in [-0.05, 0) is 12.8 Å². The summed E-state index contributed by atoms with van der Waals surface area (Å²) in [6.45, 7) is -0.0263. The molecule has 1 amide bonds. The fourth-order valence-corrected chi connectivity index (χ4v) is 1.95. The van der Waals surface area contributed by atoms with E-state index in [0.717, 1.165) is 25.7 Å². The van der Waals surface area contributed by atoms with Gasteiger partial charge in [0.1, 0.15) is 0 Å². The van der Waals surface area contributed by atoms with Gasteiger partial charge in [0.05, 0.1) is 18.2 Å². The van der Waals surface area contributed by atoms with Gasteiger partial charge in [0.15, 0.2) is 0 Å². The second-order valence-electron chi connectivity index (χ2n) is 4.15. The van der Waals surface area contributed by atoms with Crippen LogP contribution in [0.5, 0.6) is 0 Å². The standard InChI is InChI=1S/C11H18N2O2/c1-2-5-9(12)10(15)13-11(8-14)6-3-4-7-11/h1,9,14H,3-8,12H2,(H,13,15). The van der Waals surface area contributed by atoms with Crippen LogP contribution in [-0.2, 0) is 4.79 Å². The van der Waals surface area contributed by atoms with Crippen LogP contribution in [0, 0.1) is 12.3 Å². The molecule has 0 spiro atoms. The Balaban J connectivity index is 2.52. The van der Waals surface area contributed by atoms with Gasteiger partial charge < -0.3 is 16.2 Å². The van der Waals surface area contributed by atoms with Gasteiger partial charge in [0.2, 0.25) is 5.91 Å². The molecule has 1 fully saturated rings. The Labute approximate surface area is 90.2 Å². The topological polar surface area (TPSA) is 75.4 Å². The van der Waals surface area contributed by atoms with Crippen molar-refractivity contribution < 1.29 is 9.90 Å². The van der Waals surface area contributed by atoms with Crippen molar-refractivity contribution >= 4 is 5.91 Å². The molecule has 4 nitrogen and oxygen atoms in total. The molecule has 1 rings (SSSR count). The van der Waals surface area contributed by atoms with Crippen LogP contribution in [0.15, 0.2) is 0 Å². The van der Waals surface area contributed by atoms with E-state index in [1.165, 1.54) is 0 Å². The van der Waals surface area contributed by atoms with Crippen LogP contribution in [-0.4, -0.2) is 29.2 Å². The number of aliphatic hydroxyl groups excluding tert-OH is 1. The molecule has 1 unspecified atom stereocenters. The monoisotopic (exact) mass is 210 g/mol. The van der Waals surface area contributed by atoms with Crippen molar-refractivity contribution in [3.8, 4) is 12.3 Å². The lowest BCUT2D eigenvalue weighted by Gasteiger charge is -2.29. The van der Waals surface area contributed by atoms with Gasteiger partial charge in [-0.3, -0.25) is 4.79 Å². The molecule has 0 aliphatic heterocycles. The van der Waals surface area contributed by atoms with Crippen LogP contribution in [0.2, 0.25) is 0 Å². The van der Waals surface area contributed by atoms with E-state index in [-0.39, 0.29) is 18.9 Å². The third-order valence-electron chi connectivity index (χ3n) is 2.93. The summed E-state index contributed by atoms with van der Waals surface area (Å²) in [6, 6.07) is -0.668. The van der Waals surface area contributed by atoms with Gasteiger partial charge in [-0.1, -0.05) is 12.8 Å². The van der Waals surface area contributed by atoms with Gasteiger partial charge in [-0.15, -0.1) is 12.3 Å². The van der Waals surface area contributed by atoms with Crippen molar-refractivity contribution in [2.45, 2.75) is 43.7 Å². The molecular weight excluding hydrogens is 192 g/mol. The molecule has 4 heteroatoms. The zero-order chi connectivity index (χ0) is 11.3. The number of aliphatic hydroxyl groups is 1. The summed E-state index contributed by atoms with van der Waals surface area (Å²) in [5, 5.41) is 12.1. The van der Waals surface area contributed by atoms with E-state index < -0.39 is 11.6 Å². The predicted molar refractivity (Wildman–Crippen MR) is 57.9 cm³/mol. The number of carbonyl (C=O) groups excluding carboxylic acids is 1. The second-order valence-corrected chi connectivity index (χ2v) is 4.15. The highest BCUT2D eigenvalue weighted by molar-refractivity contribution is 5.82. The molecule has 15 heavy (non-hydrogen) atoms. The highest BCUT2D eigenvalue weighted by Crippen LogP contribution is 2.29. The predicted octanol–water partition coefficient (Wildman–Crippen LogP) is -0.242. The van der Waals surface area contributed by atoms with E-state index in [9.17, 15) is 9.90 Å². The summed E-state index contributed by atoms with van der Waals surface area (Å²) in [6.07, 6.45) is 9.01. The molecule has 4 N–H and O–H groups in total. The lowest BCUT2D eigenvalue weighted by atomic mass is 9.98. The number of amides is 1. The Bertz CT molecular complexity index is 264. The molecule has 0 aromatic heterocycles.